The predicted molar refractivity (Wildman–Crippen MR) is 118 cm³/mol. The highest BCUT2D eigenvalue weighted by Gasteiger charge is 2.17. The van der Waals surface area contributed by atoms with E-state index in [1.807, 2.05) is 37.3 Å². The summed E-state index contributed by atoms with van der Waals surface area (Å²) in [6.07, 6.45) is 4.43. The summed E-state index contributed by atoms with van der Waals surface area (Å²) in [6, 6.07) is 9.47. The lowest BCUT2D eigenvalue weighted by Gasteiger charge is -2.17. The standard InChI is InChI=1S/C21H19Cl2N5O2/c1-12(20-16(22)10-24-11-17(20)23)30-14-2-3-18-15(9-14)21(28-27-18)13-4-5-25-19(8-13)26-6-7-29/h2-5,8-12,29H,6-7H2,1H3,(H,25,26)(H,27,28)/t12-/m1/s1. The number of hydrogen-bond donors (Lipinski definition) is 3. The van der Waals surface area contributed by atoms with Crippen LogP contribution < -0.4 is 10.1 Å². The SMILES string of the molecule is C[C@@H](Oc1ccc2[nH]nc(-c3ccnc(NCCO)c3)c2c1)c1c(Cl)cncc1Cl. The number of H-pyrrole nitrogens is 1. The topological polar surface area (TPSA) is 96.0 Å². The smallest absolute Gasteiger partial charge is 0.126 e. The zero-order chi connectivity index (χ0) is 21.1. The zero-order valence-electron chi connectivity index (χ0n) is 16.1. The third kappa shape index (κ3) is 4.18. The van der Waals surface area contributed by atoms with Crippen LogP contribution in [0.4, 0.5) is 5.82 Å². The maximum Gasteiger partial charge on any atom is 0.126 e. The maximum absolute atomic E-state index is 9.00. The van der Waals surface area contributed by atoms with Gasteiger partial charge in [0.1, 0.15) is 23.4 Å². The van der Waals surface area contributed by atoms with E-state index in [9.17, 15) is 0 Å². The highest BCUT2D eigenvalue weighted by molar-refractivity contribution is 6.35. The largest absolute Gasteiger partial charge is 0.486 e. The van der Waals surface area contributed by atoms with Crippen molar-refractivity contribution in [2.75, 3.05) is 18.5 Å². The van der Waals surface area contributed by atoms with Gasteiger partial charge in [0, 0.05) is 41.6 Å². The van der Waals surface area contributed by atoms with E-state index >= 15 is 0 Å². The van der Waals surface area contributed by atoms with Gasteiger partial charge in [-0.2, -0.15) is 5.10 Å². The average molecular weight is 444 g/mol. The van der Waals surface area contributed by atoms with E-state index in [1.165, 1.54) is 0 Å². The fourth-order valence-electron chi connectivity index (χ4n) is 3.22. The molecule has 0 fully saturated rings. The number of nitrogens with zero attached hydrogens (tertiary/aromatic N) is 3. The van der Waals surface area contributed by atoms with Crippen molar-refractivity contribution in [3.63, 3.8) is 0 Å². The van der Waals surface area contributed by atoms with Gasteiger partial charge in [0.15, 0.2) is 0 Å². The van der Waals surface area contributed by atoms with Crippen LogP contribution in [0.25, 0.3) is 22.2 Å². The number of aliphatic hydroxyl groups is 1. The number of aromatic nitrogens is 4. The molecule has 4 rings (SSSR count). The number of pyridine rings is 2. The van der Waals surface area contributed by atoms with Crippen LogP contribution in [0.2, 0.25) is 10.0 Å². The van der Waals surface area contributed by atoms with Crippen LogP contribution in [0.5, 0.6) is 5.75 Å². The Bertz CT molecular complexity index is 1160. The van der Waals surface area contributed by atoms with E-state index < -0.39 is 0 Å². The van der Waals surface area contributed by atoms with Crippen molar-refractivity contribution in [3.05, 3.63) is 64.5 Å². The van der Waals surface area contributed by atoms with Crippen molar-refractivity contribution >= 4 is 39.9 Å². The first-order chi connectivity index (χ1) is 14.6. The molecule has 1 atom stereocenters. The summed E-state index contributed by atoms with van der Waals surface area (Å²) in [5.41, 5.74) is 3.24. The molecule has 7 nitrogen and oxygen atoms in total. The van der Waals surface area contributed by atoms with Crippen LogP contribution >= 0.6 is 23.2 Å². The molecule has 0 unspecified atom stereocenters. The quantitative estimate of drug-likeness (QED) is 0.376. The molecule has 0 radical (unpaired) electrons. The highest BCUT2D eigenvalue weighted by atomic mass is 35.5. The molecule has 0 saturated heterocycles. The third-order valence-corrected chi connectivity index (χ3v) is 5.20. The number of nitrogens with one attached hydrogen (secondary N) is 2. The number of hydrogen-bond acceptors (Lipinski definition) is 6. The number of aromatic amines is 1. The van der Waals surface area contributed by atoms with Crippen molar-refractivity contribution < 1.29 is 9.84 Å². The van der Waals surface area contributed by atoms with Crippen LogP contribution in [0, 0.1) is 0 Å². The monoisotopic (exact) mass is 443 g/mol. The van der Waals surface area contributed by atoms with Crippen molar-refractivity contribution in [1.82, 2.24) is 20.2 Å². The van der Waals surface area contributed by atoms with Gasteiger partial charge in [0.05, 0.1) is 22.2 Å². The minimum Gasteiger partial charge on any atom is -0.486 e. The molecule has 3 aromatic heterocycles. The number of benzene rings is 1. The lowest BCUT2D eigenvalue weighted by Crippen LogP contribution is -2.06. The Morgan fingerprint density at radius 3 is 2.73 bits per heavy atom. The summed E-state index contributed by atoms with van der Waals surface area (Å²) < 4.78 is 6.12. The summed E-state index contributed by atoms with van der Waals surface area (Å²) >= 11 is 12.5. The number of ether oxygens (including phenoxy) is 1. The molecule has 30 heavy (non-hydrogen) atoms. The molecule has 0 spiro atoms. The molecule has 0 amide bonds. The molecule has 3 heterocycles. The van der Waals surface area contributed by atoms with Crippen LogP contribution in [-0.4, -0.2) is 38.4 Å². The van der Waals surface area contributed by atoms with Crippen LogP contribution in [0.1, 0.15) is 18.6 Å². The van der Waals surface area contributed by atoms with Gasteiger partial charge in [-0.15, -0.1) is 0 Å². The van der Waals surface area contributed by atoms with Gasteiger partial charge in [-0.25, -0.2) is 4.98 Å². The molecule has 3 N–H and O–H groups in total. The lowest BCUT2D eigenvalue weighted by molar-refractivity contribution is 0.227. The summed E-state index contributed by atoms with van der Waals surface area (Å²) in [5.74, 6) is 1.33. The summed E-state index contributed by atoms with van der Waals surface area (Å²) in [6.45, 7) is 2.34. The average Bonchev–Trinajstić information content (AvgIpc) is 3.15. The van der Waals surface area contributed by atoms with Crippen molar-refractivity contribution in [1.29, 1.82) is 0 Å². The third-order valence-electron chi connectivity index (χ3n) is 4.60. The summed E-state index contributed by atoms with van der Waals surface area (Å²) in [5, 5.41) is 21.4. The molecular weight excluding hydrogens is 425 g/mol. The van der Waals surface area contributed by atoms with Crippen LogP contribution in [0.15, 0.2) is 48.9 Å². The summed E-state index contributed by atoms with van der Waals surface area (Å²) in [4.78, 5) is 8.24. The van der Waals surface area contributed by atoms with E-state index in [0.29, 0.717) is 33.7 Å². The molecule has 4 aromatic rings. The van der Waals surface area contributed by atoms with Crippen LogP contribution in [-0.2, 0) is 0 Å². The van der Waals surface area contributed by atoms with Gasteiger partial charge in [-0.3, -0.25) is 10.1 Å². The molecular formula is C21H19Cl2N5O2. The number of aliphatic hydroxyl groups excluding tert-OH is 1. The van der Waals surface area contributed by atoms with Gasteiger partial charge in [0.2, 0.25) is 0 Å². The van der Waals surface area contributed by atoms with Gasteiger partial charge in [0.25, 0.3) is 0 Å². The van der Waals surface area contributed by atoms with E-state index in [1.54, 1.807) is 18.6 Å². The van der Waals surface area contributed by atoms with Crippen molar-refractivity contribution in [3.8, 4) is 17.0 Å². The van der Waals surface area contributed by atoms with E-state index in [4.69, 9.17) is 33.0 Å². The highest BCUT2D eigenvalue weighted by Crippen LogP contribution is 2.35. The Kier molecular flexibility index (Phi) is 6.03. The van der Waals surface area contributed by atoms with Crippen molar-refractivity contribution in [2.24, 2.45) is 0 Å². The molecule has 1 aromatic carbocycles. The first-order valence-corrected chi connectivity index (χ1v) is 10.1. The molecule has 9 heteroatoms. The first kappa shape index (κ1) is 20.4. The Labute approximate surface area is 183 Å². The molecule has 0 bridgehead atoms. The van der Waals surface area contributed by atoms with E-state index in [-0.39, 0.29) is 12.7 Å². The minimum absolute atomic E-state index is 0.0294. The molecule has 154 valence electrons. The van der Waals surface area contributed by atoms with E-state index in [2.05, 4.69) is 25.5 Å². The lowest BCUT2D eigenvalue weighted by atomic mass is 10.1. The normalized spacial score (nSPS) is 12.1. The Morgan fingerprint density at radius 1 is 1.17 bits per heavy atom. The van der Waals surface area contributed by atoms with Gasteiger partial charge in [-0.05, 0) is 37.3 Å². The second kappa shape index (κ2) is 8.87. The summed E-state index contributed by atoms with van der Waals surface area (Å²) in [7, 11) is 0. The van der Waals surface area contributed by atoms with Crippen LogP contribution in [0.3, 0.4) is 0 Å². The Balaban J connectivity index is 1.65. The molecule has 0 aliphatic rings. The number of anilines is 1. The van der Waals surface area contributed by atoms with Gasteiger partial charge >= 0.3 is 0 Å². The Morgan fingerprint density at radius 2 is 1.97 bits per heavy atom. The van der Waals surface area contributed by atoms with Crippen molar-refractivity contribution in [2.45, 2.75) is 13.0 Å². The number of fused-ring (bicyclic) bond motifs is 1. The second-order valence-electron chi connectivity index (χ2n) is 6.64. The van der Waals surface area contributed by atoms with E-state index in [0.717, 1.165) is 22.2 Å². The van der Waals surface area contributed by atoms with Gasteiger partial charge in [-0.1, -0.05) is 23.2 Å². The number of rotatable bonds is 7. The fraction of sp³-hybridized carbons (Fsp3) is 0.190. The minimum atomic E-state index is -0.365. The fourth-order valence-corrected chi connectivity index (χ4v) is 3.89. The van der Waals surface area contributed by atoms with Gasteiger partial charge < -0.3 is 15.2 Å². The zero-order valence-corrected chi connectivity index (χ0v) is 17.6. The number of halogens is 2. The molecule has 0 aliphatic heterocycles. The second-order valence-corrected chi connectivity index (χ2v) is 7.45. The maximum atomic E-state index is 9.00. The first-order valence-electron chi connectivity index (χ1n) is 9.31. The predicted octanol–water partition coefficient (Wildman–Crippen LogP) is 4.87. The Hall–Kier alpha value is -2.87. The molecule has 0 saturated carbocycles. The molecule has 0 aliphatic carbocycles.